The van der Waals surface area contributed by atoms with Gasteiger partial charge in [0.1, 0.15) is 5.54 Å². The topological polar surface area (TPSA) is 77.0 Å². The van der Waals surface area contributed by atoms with Crippen LogP contribution in [0.25, 0.3) is 0 Å². The van der Waals surface area contributed by atoms with Crippen molar-refractivity contribution in [2.75, 3.05) is 40.1 Å². The normalized spacial score (nSPS) is 26.0. The maximum absolute atomic E-state index is 11.4. The van der Waals surface area contributed by atoms with Gasteiger partial charge in [-0.05, 0) is 25.8 Å². The van der Waals surface area contributed by atoms with E-state index in [-0.39, 0.29) is 6.10 Å². The Bertz CT molecular complexity index is 287. The molecule has 1 fully saturated rings. The number of ether oxygens (including phenoxy) is 3. The lowest BCUT2D eigenvalue weighted by atomic mass is 9.98. The lowest BCUT2D eigenvalue weighted by Gasteiger charge is -2.25. The zero-order valence-corrected chi connectivity index (χ0v) is 12.5. The van der Waals surface area contributed by atoms with Crippen LogP contribution in [0.2, 0.25) is 0 Å². The number of hydrogen-bond acceptors (Lipinski definition) is 5. The third-order valence-corrected chi connectivity index (χ3v) is 3.61. The molecule has 0 heterocycles. The van der Waals surface area contributed by atoms with Crippen molar-refractivity contribution in [2.45, 2.75) is 44.2 Å². The lowest BCUT2D eigenvalue weighted by molar-refractivity contribution is -0.145. The van der Waals surface area contributed by atoms with Gasteiger partial charge in [0.15, 0.2) is 0 Å². The molecular weight excluding hydrogens is 262 g/mol. The number of carbonyl (C=O) groups is 1. The van der Waals surface area contributed by atoms with E-state index in [1.54, 1.807) is 7.11 Å². The van der Waals surface area contributed by atoms with Gasteiger partial charge in [-0.15, -0.1) is 0 Å². The molecule has 2 unspecified atom stereocenters. The van der Waals surface area contributed by atoms with Crippen LogP contribution in [0.4, 0.5) is 0 Å². The van der Waals surface area contributed by atoms with Gasteiger partial charge in [-0.2, -0.15) is 0 Å². The third-order valence-electron chi connectivity index (χ3n) is 3.61. The van der Waals surface area contributed by atoms with Gasteiger partial charge in [0.2, 0.25) is 0 Å². The number of carboxylic acid groups (broad SMARTS) is 1. The Morgan fingerprint density at radius 1 is 1.35 bits per heavy atom. The highest BCUT2D eigenvalue weighted by Crippen LogP contribution is 2.32. The summed E-state index contributed by atoms with van der Waals surface area (Å²) in [5, 5.41) is 12.4. The van der Waals surface area contributed by atoms with Gasteiger partial charge in [0, 0.05) is 26.7 Å². The van der Waals surface area contributed by atoms with Crippen LogP contribution in [-0.4, -0.2) is 62.8 Å². The van der Waals surface area contributed by atoms with Crippen LogP contribution in [0, 0.1) is 0 Å². The van der Waals surface area contributed by atoms with Crippen LogP contribution in [0.3, 0.4) is 0 Å². The maximum Gasteiger partial charge on any atom is 0.323 e. The van der Waals surface area contributed by atoms with E-state index in [1.807, 2.05) is 6.92 Å². The van der Waals surface area contributed by atoms with Crippen molar-refractivity contribution in [3.8, 4) is 0 Å². The van der Waals surface area contributed by atoms with Crippen LogP contribution < -0.4 is 5.32 Å². The number of aliphatic carboxylic acids is 1. The maximum atomic E-state index is 11.4. The lowest BCUT2D eigenvalue weighted by Crippen LogP contribution is -2.50. The highest BCUT2D eigenvalue weighted by atomic mass is 16.5. The number of rotatable bonds is 11. The molecule has 6 nitrogen and oxygen atoms in total. The van der Waals surface area contributed by atoms with Crippen molar-refractivity contribution in [3.63, 3.8) is 0 Å². The Labute approximate surface area is 120 Å². The first-order valence-electron chi connectivity index (χ1n) is 7.31. The smallest absolute Gasteiger partial charge is 0.323 e. The average molecular weight is 289 g/mol. The number of nitrogens with one attached hydrogen (secondary N) is 1. The summed E-state index contributed by atoms with van der Waals surface area (Å²) in [7, 11) is 1.67. The molecule has 0 radical (unpaired) electrons. The molecule has 0 spiro atoms. The molecule has 1 aliphatic carbocycles. The second-order valence-electron chi connectivity index (χ2n) is 5.11. The number of methoxy groups -OCH3 is 1. The summed E-state index contributed by atoms with van der Waals surface area (Å²) in [6, 6.07) is 0. The minimum atomic E-state index is -0.807. The third kappa shape index (κ3) is 5.36. The van der Waals surface area contributed by atoms with Crippen LogP contribution in [0.5, 0.6) is 0 Å². The van der Waals surface area contributed by atoms with Gasteiger partial charge in [0.05, 0.1) is 19.3 Å². The van der Waals surface area contributed by atoms with Gasteiger partial charge in [-0.1, -0.05) is 6.92 Å². The van der Waals surface area contributed by atoms with Gasteiger partial charge in [-0.25, -0.2) is 0 Å². The predicted octanol–water partition coefficient (Wildman–Crippen LogP) is 1.04. The Balaban J connectivity index is 2.15. The van der Waals surface area contributed by atoms with Gasteiger partial charge in [0.25, 0.3) is 0 Å². The van der Waals surface area contributed by atoms with E-state index in [9.17, 15) is 9.90 Å². The zero-order chi connectivity index (χ0) is 14.8. The number of carboxylic acids is 1. The zero-order valence-electron chi connectivity index (χ0n) is 12.5. The average Bonchev–Trinajstić information content (AvgIpc) is 2.83. The van der Waals surface area contributed by atoms with Gasteiger partial charge in [-0.3, -0.25) is 4.79 Å². The molecule has 0 aromatic rings. The molecule has 20 heavy (non-hydrogen) atoms. The van der Waals surface area contributed by atoms with E-state index in [4.69, 9.17) is 14.2 Å². The standard InChI is InChI=1S/C14H27NO5/c1-3-15-14(13(16)17)6-5-12(11-14)20-10-9-19-8-4-7-18-2/h12,15H,3-11H2,1-2H3,(H,16,17). The van der Waals surface area contributed by atoms with Crippen LogP contribution in [0.1, 0.15) is 32.6 Å². The highest BCUT2D eigenvalue weighted by molar-refractivity contribution is 5.79. The van der Waals surface area contributed by atoms with Crippen molar-refractivity contribution in [2.24, 2.45) is 0 Å². The Hall–Kier alpha value is -0.690. The highest BCUT2D eigenvalue weighted by Gasteiger charge is 2.45. The molecule has 2 atom stereocenters. The van der Waals surface area contributed by atoms with E-state index in [2.05, 4.69) is 5.32 Å². The summed E-state index contributed by atoms with van der Waals surface area (Å²) in [6.07, 6.45) is 2.81. The molecule has 1 aliphatic rings. The first kappa shape index (κ1) is 17.4. The van der Waals surface area contributed by atoms with E-state index in [0.717, 1.165) is 12.8 Å². The SMILES string of the molecule is CCNC1(C(=O)O)CCC(OCCOCCCOC)C1. The predicted molar refractivity (Wildman–Crippen MR) is 74.9 cm³/mol. The van der Waals surface area contributed by atoms with E-state index in [0.29, 0.717) is 45.8 Å². The molecule has 0 saturated heterocycles. The van der Waals surface area contributed by atoms with E-state index in [1.165, 1.54) is 0 Å². The number of likely N-dealkylation sites (N-methyl/N-ethyl adjacent to an activating group) is 1. The second-order valence-corrected chi connectivity index (χ2v) is 5.11. The summed E-state index contributed by atoms with van der Waals surface area (Å²) < 4.78 is 16.0. The van der Waals surface area contributed by atoms with Crippen LogP contribution >= 0.6 is 0 Å². The Kier molecular flexibility index (Phi) is 8.06. The molecule has 6 heteroatoms. The fraction of sp³-hybridized carbons (Fsp3) is 0.929. The van der Waals surface area contributed by atoms with Crippen molar-refractivity contribution in [1.82, 2.24) is 5.32 Å². The summed E-state index contributed by atoms with van der Waals surface area (Å²) in [5.74, 6) is -0.777. The molecular formula is C14H27NO5. The quantitative estimate of drug-likeness (QED) is 0.554. The molecule has 0 aromatic heterocycles. The van der Waals surface area contributed by atoms with Crippen molar-refractivity contribution in [1.29, 1.82) is 0 Å². The summed E-state index contributed by atoms with van der Waals surface area (Å²) >= 11 is 0. The van der Waals surface area contributed by atoms with Crippen LogP contribution in [0.15, 0.2) is 0 Å². The molecule has 0 bridgehead atoms. The van der Waals surface area contributed by atoms with Crippen molar-refractivity contribution in [3.05, 3.63) is 0 Å². The van der Waals surface area contributed by atoms with Crippen molar-refractivity contribution < 1.29 is 24.1 Å². The molecule has 1 saturated carbocycles. The second kappa shape index (κ2) is 9.28. The Morgan fingerprint density at radius 2 is 2.15 bits per heavy atom. The molecule has 118 valence electrons. The first-order valence-corrected chi connectivity index (χ1v) is 7.31. The Morgan fingerprint density at radius 3 is 2.80 bits per heavy atom. The molecule has 2 N–H and O–H groups in total. The first-order chi connectivity index (χ1) is 9.64. The molecule has 0 aromatic carbocycles. The molecule has 0 amide bonds. The van der Waals surface area contributed by atoms with E-state index < -0.39 is 11.5 Å². The molecule has 0 aliphatic heterocycles. The number of hydrogen-bond donors (Lipinski definition) is 2. The summed E-state index contributed by atoms with van der Waals surface area (Å²) in [4.78, 5) is 11.4. The fourth-order valence-electron chi connectivity index (χ4n) is 2.59. The minimum Gasteiger partial charge on any atom is -0.480 e. The molecule has 1 rings (SSSR count). The summed E-state index contributed by atoms with van der Waals surface area (Å²) in [5.41, 5.74) is -0.807. The van der Waals surface area contributed by atoms with E-state index >= 15 is 0 Å². The van der Waals surface area contributed by atoms with Crippen LogP contribution in [-0.2, 0) is 19.0 Å². The largest absolute Gasteiger partial charge is 0.480 e. The van der Waals surface area contributed by atoms with Crippen molar-refractivity contribution >= 4 is 5.97 Å². The summed E-state index contributed by atoms with van der Waals surface area (Å²) in [6.45, 7) is 5.00. The minimum absolute atomic E-state index is 0.00715. The van der Waals surface area contributed by atoms with Gasteiger partial charge >= 0.3 is 5.97 Å². The van der Waals surface area contributed by atoms with Gasteiger partial charge < -0.3 is 24.6 Å². The fourth-order valence-corrected chi connectivity index (χ4v) is 2.59. The monoisotopic (exact) mass is 289 g/mol.